The minimum absolute atomic E-state index is 0.186. The van der Waals surface area contributed by atoms with Crippen molar-refractivity contribution in [3.8, 4) is 16.9 Å². The molecule has 0 atom stereocenters. The Bertz CT molecular complexity index is 1190. The van der Waals surface area contributed by atoms with Gasteiger partial charge in [0, 0.05) is 17.8 Å². The van der Waals surface area contributed by atoms with Gasteiger partial charge in [0.15, 0.2) is 0 Å². The number of carbonyl (C=O) groups excluding carboxylic acids is 1. The summed E-state index contributed by atoms with van der Waals surface area (Å²) < 4.78 is 5.18. The molecule has 1 amide bonds. The van der Waals surface area contributed by atoms with Crippen molar-refractivity contribution < 1.29 is 9.53 Å². The molecule has 4 aromatic rings. The van der Waals surface area contributed by atoms with Crippen molar-refractivity contribution in [2.45, 2.75) is 6.54 Å². The van der Waals surface area contributed by atoms with Crippen LogP contribution in [-0.2, 0) is 6.54 Å². The molecule has 32 heavy (non-hydrogen) atoms. The predicted molar refractivity (Wildman–Crippen MR) is 131 cm³/mol. The maximum atomic E-state index is 12.5. The number of ether oxygens (including phenoxy) is 1. The quantitative estimate of drug-likeness (QED) is 0.328. The highest BCUT2D eigenvalue weighted by Crippen LogP contribution is 2.23. The highest BCUT2D eigenvalue weighted by Gasteiger charge is 2.08. The molecule has 5 heteroatoms. The summed E-state index contributed by atoms with van der Waals surface area (Å²) in [6.45, 7) is 0.730. The molecule has 0 heterocycles. The molecule has 0 aliphatic carbocycles. The van der Waals surface area contributed by atoms with Crippen molar-refractivity contribution in [2.24, 2.45) is 0 Å². The van der Waals surface area contributed by atoms with Crippen LogP contribution in [0, 0.1) is 0 Å². The molecule has 5 nitrogen and oxygen atoms in total. The number of hydrogen-bond donors (Lipinski definition) is 3. The standard InChI is InChI=1S/C27H25N3O2/c1-32-24-16-14-23(15-17-24)29-18-19-6-8-20(9-7-19)21-10-12-22(13-11-21)27(31)30-26-5-3-2-4-25(26)28/h2-17,29H,18,28H2,1H3,(H,30,31). The van der Waals surface area contributed by atoms with Gasteiger partial charge in [-0.15, -0.1) is 0 Å². The summed E-state index contributed by atoms with van der Waals surface area (Å²) >= 11 is 0. The Balaban J connectivity index is 1.37. The summed E-state index contributed by atoms with van der Waals surface area (Å²) in [6, 6.07) is 31.0. The Morgan fingerprint density at radius 1 is 0.812 bits per heavy atom. The van der Waals surface area contributed by atoms with Gasteiger partial charge in [-0.3, -0.25) is 4.79 Å². The second-order valence-electron chi connectivity index (χ2n) is 7.40. The Morgan fingerprint density at radius 2 is 1.44 bits per heavy atom. The van der Waals surface area contributed by atoms with E-state index in [9.17, 15) is 4.79 Å². The van der Waals surface area contributed by atoms with Gasteiger partial charge in [-0.2, -0.15) is 0 Å². The molecule has 0 aromatic heterocycles. The van der Waals surface area contributed by atoms with Crippen LogP contribution in [0.2, 0.25) is 0 Å². The van der Waals surface area contributed by atoms with E-state index in [1.54, 1.807) is 19.2 Å². The van der Waals surface area contributed by atoms with Crippen LogP contribution in [0.4, 0.5) is 17.1 Å². The number of carbonyl (C=O) groups is 1. The van der Waals surface area contributed by atoms with Crippen molar-refractivity contribution in [3.05, 3.63) is 108 Å². The van der Waals surface area contributed by atoms with Crippen molar-refractivity contribution >= 4 is 23.0 Å². The van der Waals surface area contributed by atoms with Crippen LogP contribution in [-0.4, -0.2) is 13.0 Å². The smallest absolute Gasteiger partial charge is 0.255 e. The van der Waals surface area contributed by atoms with Crippen LogP contribution >= 0.6 is 0 Å². The van der Waals surface area contributed by atoms with Gasteiger partial charge in [-0.05, 0) is 65.2 Å². The number of rotatable bonds is 7. The number of nitrogens with one attached hydrogen (secondary N) is 2. The summed E-state index contributed by atoms with van der Waals surface area (Å²) in [5.41, 5.74) is 12.0. The van der Waals surface area contributed by atoms with Gasteiger partial charge < -0.3 is 21.1 Å². The van der Waals surface area contributed by atoms with E-state index in [1.165, 1.54) is 5.56 Å². The molecule has 0 aliphatic rings. The normalized spacial score (nSPS) is 10.4. The van der Waals surface area contributed by atoms with Crippen LogP contribution in [0.15, 0.2) is 97.1 Å². The Morgan fingerprint density at radius 3 is 2.06 bits per heavy atom. The largest absolute Gasteiger partial charge is 0.497 e. The van der Waals surface area contributed by atoms with E-state index >= 15 is 0 Å². The summed E-state index contributed by atoms with van der Waals surface area (Å²) in [5, 5.41) is 6.26. The summed E-state index contributed by atoms with van der Waals surface area (Å²) in [7, 11) is 1.66. The van der Waals surface area contributed by atoms with Gasteiger partial charge in [-0.1, -0.05) is 48.5 Å². The van der Waals surface area contributed by atoms with Crippen LogP contribution in [0.3, 0.4) is 0 Å². The molecule has 0 spiro atoms. The van der Waals surface area contributed by atoms with E-state index in [4.69, 9.17) is 10.5 Å². The van der Waals surface area contributed by atoms with E-state index in [0.29, 0.717) is 16.9 Å². The number of nitrogens with two attached hydrogens (primary N) is 1. The molecular formula is C27H25N3O2. The van der Waals surface area contributed by atoms with Gasteiger partial charge >= 0.3 is 0 Å². The third kappa shape index (κ3) is 5.08. The van der Waals surface area contributed by atoms with Crippen molar-refractivity contribution in [2.75, 3.05) is 23.5 Å². The topological polar surface area (TPSA) is 76.4 Å². The zero-order chi connectivity index (χ0) is 22.3. The van der Waals surface area contributed by atoms with Crippen LogP contribution in [0.1, 0.15) is 15.9 Å². The van der Waals surface area contributed by atoms with Crippen molar-refractivity contribution in [3.63, 3.8) is 0 Å². The first-order valence-electron chi connectivity index (χ1n) is 10.4. The van der Waals surface area contributed by atoms with Crippen molar-refractivity contribution in [1.82, 2.24) is 0 Å². The fraction of sp³-hybridized carbons (Fsp3) is 0.0741. The van der Waals surface area contributed by atoms with Crippen LogP contribution in [0.25, 0.3) is 11.1 Å². The first-order valence-corrected chi connectivity index (χ1v) is 10.4. The lowest BCUT2D eigenvalue weighted by atomic mass is 10.0. The lowest BCUT2D eigenvalue weighted by molar-refractivity contribution is 0.102. The van der Waals surface area contributed by atoms with E-state index in [2.05, 4.69) is 34.9 Å². The fourth-order valence-corrected chi connectivity index (χ4v) is 3.35. The SMILES string of the molecule is COc1ccc(NCc2ccc(-c3ccc(C(=O)Nc4ccccc4N)cc3)cc2)cc1. The molecular weight excluding hydrogens is 398 g/mol. The van der Waals surface area contributed by atoms with Gasteiger partial charge in [0.1, 0.15) is 5.75 Å². The lowest BCUT2D eigenvalue weighted by Gasteiger charge is -2.10. The second-order valence-corrected chi connectivity index (χ2v) is 7.40. The van der Waals surface area contributed by atoms with Gasteiger partial charge in [-0.25, -0.2) is 0 Å². The molecule has 0 aliphatic heterocycles. The van der Waals surface area contributed by atoms with Crippen molar-refractivity contribution in [1.29, 1.82) is 0 Å². The number of anilines is 3. The molecule has 0 unspecified atom stereocenters. The first kappa shape index (κ1) is 21.0. The number of hydrogen-bond acceptors (Lipinski definition) is 4. The number of benzene rings is 4. The van der Waals surface area contributed by atoms with Crippen LogP contribution < -0.4 is 21.1 Å². The lowest BCUT2D eigenvalue weighted by Crippen LogP contribution is -2.12. The number of methoxy groups -OCH3 is 1. The van der Waals surface area contributed by atoms with E-state index in [0.717, 1.165) is 29.1 Å². The monoisotopic (exact) mass is 423 g/mol. The molecule has 4 N–H and O–H groups in total. The minimum Gasteiger partial charge on any atom is -0.497 e. The highest BCUT2D eigenvalue weighted by molar-refractivity contribution is 6.05. The van der Waals surface area contributed by atoms with Gasteiger partial charge in [0.05, 0.1) is 18.5 Å². The molecule has 0 saturated heterocycles. The molecule has 0 radical (unpaired) electrons. The van der Waals surface area contributed by atoms with E-state index in [-0.39, 0.29) is 5.91 Å². The number of para-hydroxylation sites is 2. The molecule has 0 bridgehead atoms. The number of nitrogen functional groups attached to an aromatic ring is 1. The Kier molecular flexibility index (Phi) is 6.37. The molecule has 4 aromatic carbocycles. The first-order chi connectivity index (χ1) is 15.6. The molecule has 160 valence electrons. The molecule has 0 fully saturated rings. The van der Waals surface area contributed by atoms with Gasteiger partial charge in [0.2, 0.25) is 0 Å². The van der Waals surface area contributed by atoms with Gasteiger partial charge in [0.25, 0.3) is 5.91 Å². The predicted octanol–water partition coefficient (Wildman–Crippen LogP) is 5.81. The summed E-state index contributed by atoms with van der Waals surface area (Å²) in [6.07, 6.45) is 0. The van der Waals surface area contributed by atoms with Crippen LogP contribution in [0.5, 0.6) is 5.75 Å². The van der Waals surface area contributed by atoms with E-state index in [1.807, 2.05) is 60.7 Å². The molecule has 4 rings (SSSR count). The Hall–Kier alpha value is -4.25. The minimum atomic E-state index is -0.186. The second kappa shape index (κ2) is 9.71. The average molecular weight is 424 g/mol. The third-order valence-electron chi connectivity index (χ3n) is 5.23. The summed E-state index contributed by atoms with van der Waals surface area (Å²) in [4.78, 5) is 12.5. The highest BCUT2D eigenvalue weighted by atomic mass is 16.5. The number of amides is 1. The third-order valence-corrected chi connectivity index (χ3v) is 5.23. The fourth-order valence-electron chi connectivity index (χ4n) is 3.35. The van der Waals surface area contributed by atoms with E-state index < -0.39 is 0 Å². The molecule has 0 saturated carbocycles. The summed E-state index contributed by atoms with van der Waals surface area (Å²) in [5.74, 6) is 0.655. The maximum Gasteiger partial charge on any atom is 0.255 e. The average Bonchev–Trinajstić information content (AvgIpc) is 2.85. The zero-order valence-corrected chi connectivity index (χ0v) is 17.8. The maximum absolute atomic E-state index is 12.5. The Labute approximate surface area is 187 Å². The zero-order valence-electron chi connectivity index (χ0n) is 17.8.